The molecule has 0 unspecified atom stereocenters. The van der Waals surface area contributed by atoms with Crippen LogP contribution < -0.4 is 0 Å². The van der Waals surface area contributed by atoms with Crippen LogP contribution in [0.5, 0.6) is 0 Å². The highest BCUT2D eigenvalue weighted by atomic mass is 32.3. The van der Waals surface area contributed by atoms with Gasteiger partial charge in [-0.05, 0) is 0 Å². The summed E-state index contributed by atoms with van der Waals surface area (Å²) in [5.74, 6) is 0. The molecule has 241 valence electrons. The molecule has 0 atom stereocenters. The van der Waals surface area contributed by atoms with Crippen LogP contribution in [-0.4, -0.2) is 189 Å². The lowest BCUT2D eigenvalue weighted by molar-refractivity contribution is 0.378. The SMILES string of the molecule is O.O.O.O.O.O.O.O.O.O=S(=O)(O)O.O=S(=O)(O)O.O=S(=O)(O)O.O=S(=O)(O)O.O=S(=O)(O)O.[Al].[Al].[Al]. The van der Waals surface area contributed by atoms with Crippen LogP contribution in [0.4, 0.5) is 0 Å². The van der Waals surface area contributed by atoms with Crippen molar-refractivity contribution in [3.8, 4) is 0 Å². The van der Waals surface area contributed by atoms with Crippen LogP contribution in [0.15, 0.2) is 0 Å². The fourth-order valence-electron chi connectivity index (χ4n) is 0. The summed E-state index contributed by atoms with van der Waals surface area (Å²) < 4.78 is 158. The number of hydrogen-bond acceptors (Lipinski definition) is 10. The molecule has 37 heteroatoms. The Morgan fingerprint density at radius 1 is 0.216 bits per heavy atom. The van der Waals surface area contributed by atoms with Crippen LogP contribution in [0, 0.1) is 0 Å². The Morgan fingerprint density at radius 3 is 0.216 bits per heavy atom. The molecule has 0 amide bonds. The van der Waals surface area contributed by atoms with E-state index in [0.717, 1.165) is 0 Å². The minimum atomic E-state index is -4.67. The molecule has 0 heterocycles. The molecular weight excluding hydrogens is 705 g/mol. The Morgan fingerprint density at radius 2 is 0.216 bits per heavy atom. The van der Waals surface area contributed by atoms with Crippen LogP contribution in [0.3, 0.4) is 0 Å². The third kappa shape index (κ3) is 127000. The molecular formula is H28Al3O29S5. The first-order chi connectivity index (χ1) is 10.0. The summed E-state index contributed by atoms with van der Waals surface area (Å²) in [5.41, 5.74) is 0. The van der Waals surface area contributed by atoms with Gasteiger partial charge < -0.3 is 49.3 Å². The predicted octanol–water partition coefficient (Wildman–Crippen LogP) is -11.8. The second-order valence-electron chi connectivity index (χ2n) is 2.24. The molecule has 0 aromatic heterocycles. The Balaban J connectivity index is -0.00000000833. The molecule has 0 saturated heterocycles. The molecule has 37 heavy (non-hydrogen) atoms. The Bertz CT molecular complexity index is 626. The van der Waals surface area contributed by atoms with Gasteiger partial charge in [-0.3, -0.25) is 45.5 Å². The van der Waals surface area contributed by atoms with E-state index in [1.54, 1.807) is 0 Å². The summed E-state index contributed by atoms with van der Waals surface area (Å²) in [5, 5.41) is 0. The van der Waals surface area contributed by atoms with Gasteiger partial charge in [0.15, 0.2) is 0 Å². The third-order valence-electron chi connectivity index (χ3n) is 0. The van der Waals surface area contributed by atoms with Crippen molar-refractivity contribution in [2.45, 2.75) is 0 Å². The van der Waals surface area contributed by atoms with Crippen molar-refractivity contribution < 1.29 is 137 Å². The topological polar surface area (TPSA) is 657 Å². The van der Waals surface area contributed by atoms with E-state index in [1.165, 1.54) is 0 Å². The van der Waals surface area contributed by atoms with Gasteiger partial charge in [-0.1, -0.05) is 0 Å². The maximum atomic E-state index is 8.74. The minimum Gasteiger partial charge on any atom is -0.412 e. The van der Waals surface area contributed by atoms with Gasteiger partial charge in [0.05, 0.1) is 0 Å². The summed E-state index contributed by atoms with van der Waals surface area (Å²) in [6.07, 6.45) is 0. The Labute approximate surface area is 240 Å². The van der Waals surface area contributed by atoms with Crippen LogP contribution in [-0.2, 0) is 52.0 Å². The van der Waals surface area contributed by atoms with Gasteiger partial charge in [0, 0.05) is 52.1 Å². The minimum absolute atomic E-state index is 0. The van der Waals surface area contributed by atoms with Gasteiger partial charge in [-0.15, -0.1) is 0 Å². The van der Waals surface area contributed by atoms with Gasteiger partial charge in [0.25, 0.3) is 0 Å². The molecule has 0 rings (SSSR count). The lowest BCUT2D eigenvalue weighted by Crippen LogP contribution is -1.89. The summed E-state index contributed by atoms with van der Waals surface area (Å²) in [6, 6.07) is 0. The third-order valence-corrected chi connectivity index (χ3v) is 0. The molecule has 0 spiro atoms. The molecule has 0 saturated carbocycles. The van der Waals surface area contributed by atoms with E-state index in [9.17, 15) is 0 Å². The average molecular weight is 733 g/mol. The second-order valence-corrected chi connectivity index (χ2v) is 6.72. The second kappa shape index (κ2) is 49.5. The first kappa shape index (κ1) is 119. The molecule has 28 N–H and O–H groups in total. The molecule has 0 aliphatic heterocycles. The van der Waals surface area contributed by atoms with E-state index in [-0.39, 0.29) is 101 Å². The van der Waals surface area contributed by atoms with E-state index in [1.807, 2.05) is 0 Å². The fourth-order valence-corrected chi connectivity index (χ4v) is 0. The van der Waals surface area contributed by atoms with Crippen LogP contribution in [0.2, 0.25) is 0 Å². The Hall–Kier alpha value is 0.587. The standard InChI is InChI=1S/3Al.5H2O4S.9H2O/c;;;5*1-5(2,3)4;;;;;;;;;/h;;;5*(H2,1,2,3,4);9*1H2. The van der Waals surface area contributed by atoms with Crippen molar-refractivity contribution >= 4 is 104 Å². The van der Waals surface area contributed by atoms with Crippen molar-refractivity contribution in [1.29, 1.82) is 0 Å². The molecule has 29 nitrogen and oxygen atoms in total. The van der Waals surface area contributed by atoms with Crippen molar-refractivity contribution in [1.82, 2.24) is 0 Å². The van der Waals surface area contributed by atoms with Crippen molar-refractivity contribution in [3.05, 3.63) is 0 Å². The van der Waals surface area contributed by atoms with E-state index in [2.05, 4.69) is 0 Å². The molecule has 0 bridgehead atoms. The highest BCUT2D eigenvalue weighted by Crippen LogP contribution is 1.60. The maximum Gasteiger partial charge on any atom is 0.394 e. The first-order valence-corrected chi connectivity index (χ1v) is 10.5. The summed E-state index contributed by atoms with van der Waals surface area (Å²) in [4.78, 5) is 0. The van der Waals surface area contributed by atoms with Crippen LogP contribution >= 0.6 is 0 Å². The van der Waals surface area contributed by atoms with Gasteiger partial charge in [-0.2, -0.15) is 42.1 Å². The molecule has 0 aliphatic carbocycles. The lowest BCUT2D eigenvalue weighted by atomic mass is 15.8. The molecule has 0 aromatic carbocycles. The van der Waals surface area contributed by atoms with Gasteiger partial charge >= 0.3 is 52.0 Å². The lowest BCUT2D eigenvalue weighted by Gasteiger charge is -1.68. The normalized spacial score (nSPS) is 7.84. The molecule has 0 fully saturated rings. The maximum absolute atomic E-state index is 8.74. The quantitative estimate of drug-likeness (QED) is 0.0816. The van der Waals surface area contributed by atoms with Crippen LogP contribution in [0.1, 0.15) is 0 Å². The van der Waals surface area contributed by atoms with E-state index in [4.69, 9.17) is 87.6 Å². The van der Waals surface area contributed by atoms with Gasteiger partial charge in [0.2, 0.25) is 0 Å². The molecule has 0 aromatic rings. The summed E-state index contributed by atoms with van der Waals surface area (Å²) in [7, 11) is -23.3. The van der Waals surface area contributed by atoms with Crippen molar-refractivity contribution in [3.63, 3.8) is 0 Å². The number of hydrogen-bond donors (Lipinski definition) is 10. The van der Waals surface area contributed by atoms with Gasteiger partial charge in [-0.25, -0.2) is 0 Å². The first-order valence-electron chi connectivity index (χ1n) is 3.49. The zero-order valence-electron chi connectivity index (χ0n) is 16.8. The number of rotatable bonds is 0. The van der Waals surface area contributed by atoms with E-state index >= 15 is 0 Å². The van der Waals surface area contributed by atoms with E-state index < -0.39 is 52.0 Å². The highest BCUT2D eigenvalue weighted by molar-refractivity contribution is 7.80. The molecule has 9 radical (unpaired) electrons. The van der Waals surface area contributed by atoms with Gasteiger partial charge in [0.1, 0.15) is 0 Å². The summed E-state index contributed by atoms with van der Waals surface area (Å²) in [6.45, 7) is 0. The van der Waals surface area contributed by atoms with Crippen molar-refractivity contribution in [2.75, 3.05) is 0 Å². The fraction of sp³-hybridized carbons (Fsp3) is 0. The van der Waals surface area contributed by atoms with Crippen molar-refractivity contribution in [2.24, 2.45) is 0 Å². The Kier molecular flexibility index (Phi) is 159. The van der Waals surface area contributed by atoms with Crippen LogP contribution in [0.25, 0.3) is 0 Å². The smallest absolute Gasteiger partial charge is 0.394 e. The summed E-state index contributed by atoms with van der Waals surface area (Å²) >= 11 is 0. The zero-order chi connectivity index (χ0) is 22.5. The van der Waals surface area contributed by atoms with E-state index in [0.29, 0.717) is 0 Å². The highest BCUT2D eigenvalue weighted by Gasteiger charge is 1.86. The predicted molar refractivity (Wildman–Crippen MR) is 121 cm³/mol. The average Bonchev–Trinajstić information content (AvgIpc) is 1.79. The largest absolute Gasteiger partial charge is 0.412 e. The molecule has 0 aliphatic rings. The monoisotopic (exact) mass is 733 g/mol. The zero-order valence-corrected chi connectivity index (χ0v) is 24.4.